The number of aliphatic carboxylic acids is 1. The maximum atomic E-state index is 12.3. The van der Waals surface area contributed by atoms with Gasteiger partial charge in [-0.1, -0.05) is 12.8 Å². The highest BCUT2D eigenvalue weighted by molar-refractivity contribution is 5.77. The zero-order valence-corrected chi connectivity index (χ0v) is 12.2. The van der Waals surface area contributed by atoms with Gasteiger partial charge in [0.25, 0.3) is 0 Å². The van der Waals surface area contributed by atoms with Crippen LogP contribution in [0.2, 0.25) is 0 Å². The van der Waals surface area contributed by atoms with Crippen LogP contribution in [0.3, 0.4) is 0 Å². The monoisotopic (exact) mass is 284 g/mol. The molecule has 0 spiro atoms. The van der Waals surface area contributed by atoms with Gasteiger partial charge in [0.2, 0.25) is 0 Å². The fourth-order valence-corrected chi connectivity index (χ4v) is 3.24. The van der Waals surface area contributed by atoms with Crippen molar-refractivity contribution in [1.82, 2.24) is 10.2 Å². The minimum atomic E-state index is -0.810. The first kappa shape index (κ1) is 15.1. The number of hydrogen-bond acceptors (Lipinski definition) is 3. The van der Waals surface area contributed by atoms with E-state index in [2.05, 4.69) is 5.32 Å². The largest absolute Gasteiger partial charge is 0.481 e. The summed E-state index contributed by atoms with van der Waals surface area (Å²) in [5.41, 5.74) is 0. The molecule has 4 atom stereocenters. The number of carbonyl (C=O) groups excluding carboxylic acids is 1. The second kappa shape index (κ2) is 6.43. The summed E-state index contributed by atoms with van der Waals surface area (Å²) in [6.45, 7) is 2.63. The molecule has 2 aliphatic rings. The number of nitrogens with zero attached hydrogens (tertiary/aromatic N) is 1. The highest BCUT2D eigenvalue weighted by Gasteiger charge is 2.35. The van der Waals surface area contributed by atoms with Gasteiger partial charge in [-0.2, -0.15) is 0 Å². The van der Waals surface area contributed by atoms with Crippen molar-refractivity contribution in [2.75, 3.05) is 13.7 Å². The van der Waals surface area contributed by atoms with Crippen LogP contribution in [0.15, 0.2) is 0 Å². The van der Waals surface area contributed by atoms with Gasteiger partial charge < -0.3 is 20.1 Å². The smallest absolute Gasteiger partial charge is 0.317 e. The molecule has 0 aromatic heterocycles. The average molecular weight is 284 g/mol. The molecule has 1 aliphatic carbocycles. The molecule has 6 nitrogen and oxygen atoms in total. The van der Waals surface area contributed by atoms with E-state index >= 15 is 0 Å². The zero-order chi connectivity index (χ0) is 14.7. The van der Waals surface area contributed by atoms with Crippen LogP contribution < -0.4 is 5.32 Å². The molecular formula is C14H24N2O4. The summed E-state index contributed by atoms with van der Waals surface area (Å²) < 4.78 is 5.47. The van der Waals surface area contributed by atoms with Crippen molar-refractivity contribution in [3.63, 3.8) is 0 Å². The molecule has 4 unspecified atom stereocenters. The first-order valence-electron chi connectivity index (χ1n) is 7.38. The van der Waals surface area contributed by atoms with Crippen LogP contribution in [-0.4, -0.2) is 53.8 Å². The van der Waals surface area contributed by atoms with Crippen molar-refractivity contribution in [2.24, 2.45) is 5.92 Å². The summed E-state index contributed by atoms with van der Waals surface area (Å²) in [5.74, 6) is -1.27. The maximum Gasteiger partial charge on any atom is 0.317 e. The summed E-state index contributed by atoms with van der Waals surface area (Å²) in [5, 5.41) is 12.1. The number of amides is 2. The highest BCUT2D eigenvalue weighted by Crippen LogP contribution is 2.25. The van der Waals surface area contributed by atoms with Crippen LogP contribution in [-0.2, 0) is 9.53 Å². The van der Waals surface area contributed by atoms with E-state index in [9.17, 15) is 14.7 Å². The number of carboxylic acid groups (broad SMARTS) is 1. The highest BCUT2D eigenvalue weighted by atomic mass is 16.5. The lowest BCUT2D eigenvalue weighted by molar-refractivity contribution is -0.143. The number of hydrogen-bond donors (Lipinski definition) is 2. The van der Waals surface area contributed by atoms with E-state index in [1.54, 1.807) is 11.9 Å². The SMILES string of the molecule is CC1OCCC1N(C)C(=O)NC1CCCCC1C(=O)O. The van der Waals surface area contributed by atoms with E-state index in [1.165, 1.54) is 0 Å². The van der Waals surface area contributed by atoms with E-state index in [0.717, 1.165) is 25.7 Å². The van der Waals surface area contributed by atoms with Gasteiger partial charge in [0.1, 0.15) is 0 Å². The van der Waals surface area contributed by atoms with Crippen molar-refractivity contribution in [3.05, 3.63) is 0 Å². The van der Waals surface area contributed by atoms with E-state index in [1.807, 2.05) is 6.92 Å². The van der Waals surface area contributed by atoms with Gasteiger partial charge in [-0.25, -0.2) is 4.79 Å². The van der Waals surface area contributed by atoms with Crippen molar-refractivity contribution in [2.45, 2.75) is 57.2 Å². The Morgan fingerprint density at radius 1 is 1.25 bits per heavy atom. The Labute approximate surface area is 119 Å². The van der Waals surface area contributed by atoms with E-state index in [4.69, 9.17) is 4.74 Å². The Balaban J connectivity index is 1.93. The van der Waals surface area contributed by atoms with Gasteiger partial charge in [0.05, 0.1) is 18.1 Å². The molecule has 0 aromatic rings. The maximum absolute atomic E-state index is 12.3. The predicted octanol–water partition coefficient (Wildman–Crippen LogP) is 1.45. The van der Waals surface area contributed by atoms with Crippen LogP contribution in [0.1, 0.15) is 39.0 Å². The third-order valence-corrected chi connectivity index (χ3v) is 4.55. The van der Waals surface area contributed by atoms with Crippen LogP contribution in [0.5, 0.6) is 0 Å². The second-order valence-electron chi connectivity index (χ2n) is 5.83. The molecule has 20 heavy (non-hydrogen) atoms. The summed E-state index contributed by atoms with van der Waals surface area (Å²) in [6, 6.07) is -0.374. The van der Waals surface area contributed by atoms with Gasteiger partial charge >= 0.3 is 12.0 Å². The third-order valence-electron chi connectivity index (χ3n) is 4.55. The summed E-state index contributed by atoms with van der Waals surface area (Å²) in [7, 11) is 1.75. The summed E-state index contributed by atoms with van der Waals surface area (Å²) in [4.78, 5) is 25.2. The van der Waals surface area contributed by atoms with Gasteiger partial charge in [0.15, 0.2) is 0 Å². The van der Waals surface area contributed by atoms with Crippen molar-refractivity contribution < 1.29 is 19.4 Å². The number of likely N-dealkylation sites (N-methyl/N-ethyl adjacent to an activating group) is 1. The lowest BCUT2D eigenvalue weighted by Gasteiger charge is -2.33. The lowest BCUT2D eigenvalue weighted by atomic mass is 9.84. The molecule has 6 heteroatoms. The molecular weight excluding hydrogens is 260 g/mol. The fourth-order valence-electron chi connectivity index (χ4n) is 3.24. The van der Waals surface area contributed by atoms with Crippen molar-refractivity contribution in [3.8, 4) is 0 Å². The van der Waals surface area contributed by atoms with Crippen molar-refractivity contribution >= 4 is 12.0 Å². The standard InChI is InChI=1S/C14H24N2O4/c1-9-12(7-8-20-9)16(2)14(19)15-11-6-4-3-5-10(11)13(17)18/h9-12H,3-8H2,1-2H3,(H,15,19)(H,17,18). The first-order valence-corrected chi connectivity index (χ1v) is 7.38. The third kappa shape index (κ3) is 3.23. The Bertz CT molecular complexity index is 374. The van der Waals surface area contributed by atoms with Crippen LogP contribution in [0.25, 0.3) is 0 Å². The minimum Gasteiger partial charge on any atom is -0.481 e. The number of nitrogens with one attached hydrogen (secondary N) is 1. The van der Waals surface area contributed by atoms with Gasteiger partial charge in [-0.05, 0) is 26.2 Å². The molecule has 1 heterocycles. The lowest BCUT2D eigenvalue weighted by Crippen LogP contribution is -2.52. The molecule has 0 radical (unpaired) electrons. The molecule has 0 aromatic carbocycles. The first-order chi connectivity index (χ1) is 9.50. The predicted molar refractivity (Wildman–Crippen MR) is 73.5 cm³/mol. The number of carboxylic acids is 1. The normalized spacial score (nSPS) is 33.7. The van der Waals surface area contributed by atoms with E-state index in [-0.39, 0.29) is 24.2 Å². The minimum absolute atomic E-state index is 0.0346. The Morgan fingerprint density at radius 3 is 2.55 bits per heavy atom. The average Bonchev–Trinajstić information content (AvgIpc) is 2.84. The van der Waals surface area contributed by atoms with Gasteiger partial charge in [0, 0.05) is 19.7 Å². The van der Waals surface area contributed by atoms with Crippen LogP contribution >= 0.6 is 0 Å². The second-order valence-corrected chi connectivity index (χ2v) is 5.83. The topological polar surface area (TPSA) is 78.9 Å². The van der Waals surface area contributed by atoms with Gasteiger partial charge in [-0.15, -0.1) is 0 Å². The fraction of sp³-hybridized carbons (Fsp3) is 0.857. The van der Waals surface area contributed by atoms with Crippen LogP contribution in [0.4, 0.5) is 4.79 Å². The molecule has 0 bridgehead atoms. The summed E-state index contributed by atoms with van der Waals surface area (Å²) >= 11 is 0. The van der Waals surface area contributed by atoms with Gasteiger partial charge in [-0.3, -0.25) is 4.79 Å². The molecule has 2 fully saturated rings. The molecule has 1 saturated heterocycles. The zero-order valence-electron chi connectivity index (χ0n) is 12.2. The number of rotatable bonds is 3. The number of ether oxygens (including phenoxy) is 1. The number of urea groups is 1. The molecule has 2 amide bonds. The van der Waals surface area contributed by atoms with Crippen LogP contribution in [0, 0.1) is 5.92 Å². The molecule has 2 rings (SSSR count). The summed E-state index contributed by atoms with van der Waals surface area (Å²) in [6.07, 6.45) is 4.15. The molecule has 1 saturated carbocycles. The molecule has 114 valence electrons. The Hall–Kier alpha value is -1.30. The van der Waals surface area contributed by atoms with E-state index in [0.29, 0.717) is 13.0 Å². The quantitative estimate of drug-likeness (QED) is 0.822. The Kier molecular flexibility index (Phi) is 4.86. The Morgan fingerprint density at radius 2 is 1.95 bits per heavy atom. The van der Waals surface area contributed by atoms with Crippen molar-refractivity contribution in [1.29, 1.82) is 0 Å². The number of carbonyl (C=O) groups is 2. The molecule has 1 aliphatic heterocycles. The van der Waals surface area contributed by atoms with E-state index < -0.39 is 11.9 Å². The molecule has 2 N–H and O–H groups in total.